The second-order valence-electron chi connectivity index (χ2n) is 15.2. The number of carbonyl (C=O) groups excluding carboxylic acids is 2. The molecular weight excluding hydrogens is 619 g/mol. The van der Waals surface area contributed by atoms with Crippen LogP contribution in [0, 0.1) is 17.8 Å². The second kappa shape index (κ2) is 13.7. The number of anilines is 1. The molecule has 7 nitrogen and oxygen atoms in total. The Labute approximate surface area is 286 Å². The van der Waals surface area contributed by atoms with Crippen LogP contribution in [0.1, 0.15) is 80.9 Å². The van der Waals surface area contributed by atoms with Crippen LogP contribution in [-0.4, -0.2) is 50.0 Å². The van der Waals surface area contributed by atoms with E-state index in [2.05, 4.69) is 17.4 Å². The SMILES string of the molecule is CS(=O)(=O)N(CC(=O)N(Cc1ccccc1)C(Cc1ccccc1)C(=O)NC1CCCC1)c1ccc(C23CC4CC(CC(C4)C2)C3)cc1. The fourth-order valence-corrected chi connectivity index (χ4v) is 10.6. The molecule has 5 aliphatic carbocycles. The van der Waals surface area contributed by atoms with Gasteiger partial charge in [-0.1, -0.05) is 85.6 Å². The molecule has 254 valence electrons. The van der Waals surface area contributed by atoms with E-state index < -0.39 is 22.0 Å². The van der Waals surface area contributed by atoms with Crippen LogP contribution < -0.4 is 9.62 Å². The van der Waals surface area contributed by atoms with Crippen molar-refractivity contribution in [2.24, 2.45) is 17.8 Å². The molecule has 3 aromatic rings. The lowest BCUT2D eigenvalue weighted by atomic mass is 9.48. The largest absolute Gasteiger partial charge is 0.352 e. The van der Waals surface area contributed by atoms with Crippen molar-refractivity contribution in [3.63, 3.8) is 0 Å². The molecule has 5 aliphatic rings. The summed E-state index contributed by atoms with van der Waals surface area (Å²) in [5.74, 6) is 1.84. The second-order valence-corrected chi connectivity index (χ2v) is 17.1. The Bertz CT molecular complexity index is 1650. The monoisotopic (exact) mass is 667 g/mol. The summed E-state index contributed by atoms with van der Waals surface area (Å²) in [7, 11) is -3.82. The summed E-state index contributed by atoms with van der Waals surface area (Å²) in [6.45, 7) is -0.192. The Balaban J connectivity index is 1.17. The van der Waals surface area contributed by atoms with E-state index in [9.17, 15) is 18.0 Å². The number of hydrogen-bond donors (Lipinski definition) is 1. The van der Waals surface area contributed by atoms with E-state index in [0.717, 1.165) is 60.8 Å². The quantitative estimate of drug-likeness (QED) is 0.235. The van der Waals surface area contributed by atoms with E-state index in [4.69, 9.17) is 0 Å². The van der Waals surface area contributed by atoms with Crippen molar-refractivity contribution >= 4 is 27.5 Å². The first-order valence-electron chi connectivity index (χ1n) is 17.9. The number of amides is 2. The van der Waals surface area contributed by atoms with Gasteiger partial charge in [-0.3, -0.25) is 13.9 Å². The third-order valence-corrected chi connectivity index (χ3v) is 12.8. The van der Waals surface area contributed by atoms with Crippen LogP contribution in [0.15, 0.2) is 84.9 Å². The molecule has 48 heavy (non-hydrogen) atoms. The van der Waals surface area contributed by atoms with Crippen LogP contribution in [0.2, 0.25) is 0 Å². The maximum absolute atomic E-state index is 14.5. The average Bonchev–Trinajstić information content (AvgIpc) is 3.58. The normalized spacial score (nSPS) is 25.5. The first kappa shape index (κ1) is 32.9. The summed E-state index contributed by atoms with van der Waals surface area (Å²) in [6.07, 6.45) is 13.3. The predicted octanol–water partition coefficient (Wildman–Crippen LogP) is 6.62. The van der Waals surface area contributed by atoms with Gasteiger partial charge in [0, 0.05) is 19.0 Å². The topological polar surface area (TPSA) is 86.8 Å². The van der Waals surface area contributed by atoms with E-state index in [1.54, 1.807) is 4.90 Å². The van der Waals surface area contributed by atoms with Gasteiger partial charge in [0.2, 0.25) is 21.8 Å². The summed E-state index contributed by atoms with van der Waals surface area (Å²) in [6, 6.07) is 26.6. The molecular formula is C40H49N3O4S. The predicted molar refractivity (Wildman–Crippen MR) is 190 cm³/mol. The molecule has 8 heteroatoms. The summed E-state index contributed by atoms with van der Waals surface area (Å²) < 4.78 is 27.9. The number of nitrogens with zero attached hydrogens (tertiary/aromatic N) is 2. The summed E-state index contributed by atoms with van der Waals surface area (Å²) in [4.78, 5) is 30.1. The highest BCUT2D eigenvalue weighted by Gasteiger charge is 2.51. The molecule has 1 unspecified atom stereocenters. The Morgan fingerprint density at radius 1 is 0.792 bits per heavy atom. The number of nitrogens with one attached hydrogen (secondary N) is 1. The molecule has 8 rings (SSSR count). The van der Waals surface area contributed by atoms with Gasteiger partial charge in [0.15, 0.2) is 0 Å². The molecule has 0 aromatic heterocycles. The number of rotatable bonds is 12. The lowest BCUT2D eigenvalue weighted by molar-refractivity contribution is -0.140. The van der Waals surface area contributed by atoms with Crippen LogP contribution in [0.5, 0.6) is 0 Å². The summed E-state index contributed by atoms with van der Waals surface area (Å²) in [5, 5.41) is 3.23. The molecule has 0 heterocycles. The third kappa shape index (κ3) is 7.19. The minimum Gasteiger partial charge on any atom is -0.352 e. The molecule has 1 atom stereocenters. The molecule has 5 fully saturated rings. The van der Waals surface area contributed by atoms with Gasteiger partial charge >= 0.3 is 0 Å². The molecule has 0 radical (unpaired) electrons. The lowest BCUT2D eigenvalue weighted by Crippen LogP contribution is -2.54. The molecule has 3 aromatic carbocycles. The number of sulfonamides is 1. The third-order valence-electron chi connectivity index (χ3n) is 11.7. The van der Waals surface area contributed by atoms with Gasteiger partial charge in [-0.15, -0.1) is 0 Å². The smallest absolute Gasteiger partial charge is 0.244 e. The van der Waals surface area contributed by atoms with Crippen molar-refractivity contribution in [3.05, 3.63) is 102 Å². The highest BCUT2D eigenvalue weighted by molar-refractivity contribution is 7.92. The van der Waals surface area contributed by atoms with Crippen molar-refractivity contribution in [1.29, 1.82) is 0 Å². The number of benzene rings is 3. The zero-order valence-electron chi connectivity index (χ0n) is 28.1. The van der Waals surface area contributed by atoms with E-state index >= 15 is 0 Å². The zero-order valence-corrected chi connectivity index (χ0v) is 28.9. The van der Waals surface area contributed by atoms with Crippen LogP contribution in [0.25, 0.3) is 0 Å². The average molecular weight is 668 g/mol. The van der Waals surface area contributed by atoms with Gasteiger partial charge < -0.3 is 10.2 Å². The van der Waals surface area contributed by atoms with Gasteiger partial charge in [0.1, 0.15) is 12.6 Å². The number of hydrogen-bond acceptors (Lipinski definition) is 4. The zero-order chi connectivity index (χ0) is 33.3. The molecule has 0 spiro atoms. The first-order valence-corrected chi connectivity index (χ1v) is 19.8. The van der Waals surface area contributed by atoms with Crippen LogP contribution in [-0.2, 0) is 38.0 Å². The van der Waals surface area contributed by atoms with Crippen LogP contribution in [0.4, 0.5) is 5.69 Å². The Kier molecular flexibility index (Phi) is 9.38. The van der Waals surface area contributed by atoms with Crippen molar-refractivity contribution in [2.75, 3.05) is 17.1 Å². The van der Waals surface area contributed by atoms with Gasteiger partial charge in [-0.05, 0) is 103 Å². The molecule has 5 saturated carbocycles. The van der Waals surface area contributed by atoms with Crippen LogP contribution >= 0.6 is 0 Å². The lowest BCUT2D eigenvalue weighted by Gasteiger charge is -2.57. The highest BCUT2D eigenvalue weighted by Crippen LogP contribution is 2.60. The first-order chi connectivity index (χ1) is 23.1. The van der Waals surface area contributed by atoms with Gasteiger partial charge in [0.25, 0.3) is 0 Å². The Morgan fingerprint density at radius 3 is 1.88 bits per heavy atom. The molecule has 0 aliphatic heterocycles. The van der Waals surface area contributed by atoms with Crippen molar-refractivity contribution in [1.82, 2.24) is 10.2 Å². The molecule has 4 bridgehead atoms. The number of carbonyl (C=O) groups is 2. The minimum absolute atomic E-state index is 0.0875. The Hall–Kier alpha value is -3.65. The summed E-state index contributed by atoms with van der Waals surface area (Å²) in [5.41, 5.74) is 3.80. The van der Waals surface area contributed by atoms with E-state index in [1.165, 1.54) is 48.4 Å². The Morgan fingerprint density at radius 2 is 1.33 bits per heavy atom. The van der Waals surface area contributed by atoms with Crippen molar-refractivity contribution < 1.29 is 18.0 Å². The van der Waals surface area contributed by atoms with E-state index in [-0.39, 0.29) is 30.5 Å². The van der Waals surface area contributed by atoms with Crippen LogP contribution in [0.3, 0.4) is 0 Å². The fourth-order valence-electron chi connectivity index (χ4n) is 9.76. The van der Waals surface area contributed by atoms with Gasteiger partial charge in [-0.2, -0.15) is 0 Å². The molecule has 1 N–H and O–H groups in total. The van der Waals surface area contributed by atoms with E-state index in [0.29, 0.717) is 12.1 Å². The highest BCUT2D eigenvalue weighted by atomic mass is 32.2. The minimum atomic E-state index is -3.82. The molecule has 0 saturated heterocycles. The molecule has 2 amide bonds. The van der Waals surface area contributed by atoms with E-state index in [1.807, 2.05) is 72.8 Å². The fraction of sp³-hybridized carbons (Fsp3) is 0.500. The van der Waals surface area contributed by atoms with Gasteiger partial charge in [0.05, 0.1) is 11.9 Å². The maximum atomic E-state index is 14.5. The standard InChI is InChI=1S/C40H49N3O4S/c1-48(46,47)43(36-18-16-34(17-19-36)40-24-31-20-32(25-40)22-33(21-31)26-40)28-38(44)42(27-30-12-6-3-7-13-30)37(23-29-10-4-2-5-11-29)39(45)41-35-14-8-9-15-35/h2-7,10-13,16-19,31-33,35,37H,8-9,14-15,20-28H2,1H3,(H,41,45). The van der Waals surface area contributed by atoms with Crippen molar-refractivity contribution in [2.45, 2.75) is 94.7 Å². The van der Waals surface area contributed by atoms with Gasteiger partial charge in [-0.25, -0.2) is 8.42 Å². The maximum Gasteiger partial charge on any atom is 0.244 e. The summed E-state index contributed by atoms with van der Waals surface area (Å²) >= 11 is 0. The van der Waals surface area contributed by atoms with Crippen molar-refractivity contribution in [3.8, 4) is 0 Å².